The zero-order valence-electron chi connectivity index (χ0n) is 4.03. The van der Waals surface area contributed by atoms with E-state index in [-0.39, 0.29) is 0 Å². The molecule has 1 fully saturated rings. The second-order valence-electron chi connectivity index (χ2n) is 1.28. The highest BCUT2D eigenvalue weighted by atomic mass is 32.3. The average Bonchev–Trinajstić information content (AvgIpc) is 1.65. The molecule has 0 aliphatic carbocycles. The molecular weight excluding hydrogens is 164 g/mol. The Morgan fingerprint density at radius 1 is 1.12 bits per heavy atom. The summed E-state index contributed by atoms with van der Waals surface area (Å²) in [4.78, 5) is 0. The largest absolute Gasteiger partial charge is 0.349 e. The monoisotopic (exact) mass is 170 g/mol. The molecule has 1 heterocycles. The van der Waals surface area contributed by atoms with Crippen molar-refractivity contribution in [3.05, 3.63) is 0 Å². The first-order valence-electron chi connectivity index (χ1n) is 2.01. The van der Waals surface area contributed by atoms with Crippen LogP contribution < -0.4 is 0 Å². The molecule has 0 radical (unpaired) electrons. The molecule has 0 aromatic rings. The van der Waals surface area contributed by atoms with Crippen LogP contribution in [0.4, 0.5) is 0 Å². The molecule has 1 rings (SSSR count). The first-order valence-corrected chi connectivity index (χ1v) is 5.14. The fourth-order valence-corrected chi connectivity index (χ4v) is 4.29. The predicted octanol–water partition coefficient (Wildman–Crippen LogP) is 0.710. The highest BCUT2D eigenvalue weighted by Crippen LogP contribution is 2.41. The Balaban J connectivity index is 2.33. The van der Waals surface area contributed by atoms with Crippen molar-refractivity contribution in [1.82, 2.24) is 0 Å². The van der Waals surface area contributed by atoms with E-state index in [2.05, 4.69) is 0 Å². The van der Waals surface area contributed by atoms with Crippen molar-refractivity contribution in [2.75, 3.05) is 10.2 Å². The van der Waals surface area contributed by atoms with Crippen LogP contribution in [0.15, 0.2) is 0 Å². The molecule has 2 nitrogen and oxygen atoms in total. The van der Waals surface area contributed by atoms with Gasteiger partial charge in [0.1, 0.15) is 0 Å². The van der Waals surface area contributed by atoms with Crippen LogP contribution in [0, 0.1) is 0 Å². The van der Waals surface area contributed by atoms with Gasteiger partial charge in [-0.15, -0.1) is 11.8 Å². The zero-order chi connectivity index (χ0) is 6.04. The molecule has 0 saturated carbocycles. The predicted molar refractivity (Wildman–Crippen MR) is 39.7 cm³/mol. The molecule has 5 heteroatoms. The van der Waals surface area contributed by atoms with E-state index in [0.717, 1.165) is 33.7 Å². The molecule has 0 spiro atoms. The van der Waals surface area contributed by atoms with Crippen LogP contribution in [0.2, 0.25) is 0 Å². The lowest BCUT2D eigenvalue weighted by molar-refractivity contribution is 0.00725. The van der Waals surface area contributed by atoms with E-state index < -0.39 is 4.45 Å². The van der Waals surface area contributed by atoms with Crippen LogP contribution >= 0.6 is 35.3 Å². The van der Waals surface area contributed by atoms with Crippen LogP contribution in [0.25, 0.3) is 0 Å². The number of hydrogen-bond acceptors (Lipinski definition) is 5. The Labute approximate surface area is 60.4 Å². The maximum absolute atomic E-state index is 8.84. The number of rotatable bonds is 0. The van der Waals surface area contributed by atoms with Crippen LogP contribution in [0.5, 0.6) is 0 Å². The third kappa shape index (κ3) is 2.06. The van der Waals surface area contributed by atoms with Gasteiger partial charge in [-0.25, -0.2) is 0 Å². The molecule has 0 aromatic carbocycles. The number of thioether (sulfide) groups is 3. The maximum Gasteiger partial charge on any atom is 0.266 e. The molecule has 0 aromatic heterocycles. The second-order valence-corrected chi connectivity index (χ2v) is 5.55. The van der Waals surface area contributed by atoms with Gasteiger partial charge in [-0.1, -0.05) is 23.5 Å². The minimum absolute atomic E-state index is 0.778. The van der Waals surface area contributed by atoms with Crippen molar-refractivity contribution >= 4 is 35.3 Å². The van der Waals surface area contributed by atoms with Gasteiger partial charge in [0.05, 0.1) is 0 Å². The topological polar surface area (TPSA) is 40.5 Å². The quantitative estimate of drug-likeness (QED) is 0.524. The summed E-state index contributed by atoms with van der Waals surface area (Å²) in [5.41, 5.74) is 0. The molecule has 1 aliphatic rings. The van der Waals surface area contributed by atoms with Crippen molar-refractivity contribution in [3.63, 3.8) is 0 Å². The van der Waals surface area contributed by atoms with Gasteiger partial charge in [0, 0.05) is 10.2 Å². The van der Waals surface area contributed by atoms with Gasteiger partial charge in [-0.05, 0) is 0 Å². The summed E-state index contributed by atoms with van der Waals surface area (Å²) in [7, 11) is 0. The van der Waals surface area contributed by atoms with Crippen LogP contribution in [-0.2, 0) is 0 Å². The fraction of sp³-hybridized carbons (Fsp3) is 1.00. The van der Waals surface area contributed by atoms with Crippen LogP contribution in [-0.4, -0.2) is 24.8 Å². The van der Waals surface area contributed by atoms with E-state index >= 15 is 0 Å². The summed E-state index contributed by atoms with van der Waals surface area (Å²) >= 11 is 4.02. The molecule has 1 saturated heterocycles. The van der Waals surface area contributed by atoms with Crippen molar-refractivity contribution in [1.29, 1.82) is 0 Å². The summed E-state index contributed by atoms with van der Waals surface area (Å²) < 4.78 is -1.51. The lowest BCUT2D eigenvalue weighted by Gasteiger charge is -2.23. The first-order chi connectivity index (χ1) is 3.71. The van der Waals surface area contributed by atoms with Gasteiger partial charge in [-0.2, -0.15) is 0 Å². The van der Waals surface area contributed by atoms with Gasteiger partial charge >= 0.3 is 0 Å². The van der Waals surface area contributed by atoms with Gasteiger partial charge in [-0.3, -0.25) is 0 Å². The summed E-state index contributed by atoms with van der Waals surface area (Å²) in [5, 5.41) is 19.2. The first kappa shape index (κ1) is 7.08. The molecule has 8 heavy (non-hydrogen) atoms. The van der Waals surface area contributed by atoms with E-state index in [9.17, 15) is 0 Å². The highest BCUT2D eigenvalue weighted by Gasteiger charge is 2.27. The van der Waals surface area contributed by atoms with Gasteiger partial charge < -0.3 is 10.2 Å². The Morgan fingerprint density at radius 3 is 1.88 bits per heavy atom. The van der Waals surface area contributed by atoms with Crippen molar-refractivity contribution in [2.45, 2.75) is 4.45 Å². The molecule has 0 amide bonds. The minimum atomic E-state index is -1.51. The molecule has 1 aliphatic heterocycles. The Bertz CT molecular complexity index is 76.6. The van der Waals surface area contributed by atoms with Crippen molar-refractivity contribution in [2.24, 2.45) is 0 Å². The Morgan fingerprint density at radius 2 is 1.62 bits per heavy atom. The van der Waals surface area contributed by atoms with E-state index in [1.54, 1.807) is 11.8 Å². The molecular formula is C3H6O2S3. The molecule has 48 valence electrons. The maximum atomic E-state index is 8.84. The minimum Gasteiger partial charge on any atom is -0.349 e. The van der Waals surface area contributed by atoms with Gasteiger partial charge in [0.15, 0.2) is 0 Å². The normalized spacial score (nSPS) is 27.8. The molecule has 0 atom stereocenters. The van der Waals surface area contributed by atoms with E-state index in [0.29, 0.717) is 0 Å². The fourth-order valence-electron chi connectivity index (χ4n) is 0.313. The van der Waals surface area contributed by atoms with E-state index in [1.807, 2.05) is 0 Å². The molecule has 0 unspecified atom stereocenters. The molecule has 2 N–H and O–H groups in total. The van der Waals surface area contributed by atoms with Crippen LogP contribution in [0.3, 0.4) is 0 Å². The van der Waals surface area contributed by atoms with Gasteiger partial charge in [0.2, 0.25) is 0 Å². The number of hydrogen-bond donors (Lipinski definition) is 2. The zero-order valence-corrected chi connectivity index (χ0v) is 6.48. The van der Waals surface area contributed by atoms with Crippen molar-refractivity contribution < 1.29 is 10.2 Å². The van der Waals surface area contributed by atoms with E-state index in [1.165, 1.54) is 0 Å². The summed E-state index contributed by atoms with van der Waals surface area (Å²) in [6, 6.07) is 0. The highest BCUT2D eigenvalue weighted by molar-refractivity contribution is 8.32. The molecule has 0 bridgehead atoms. The van der Waals surface area contributed by atoms with Crippen molar-refractivity contribution in [3.8, 4) is 0 Å². The smallest absolute Gasteiger partial charge is 0.266 e. The summed E-state index contributed by atoms with van der Waals surface area (Å²) in [6.07, 6.45) is 0. The second kappa shape index (κ2) is 2.70. The SMILES string of the molecule is OC1(O)SCSCS1. The lowest BCUT2D eigenvalue weighted by atomic mass is 11.5. The summed E-state index contributed by atoms with van der Waals surface area (Å²) in [5.74, 6) is 0. The summed E-state index contributed by atoms with van der Waals surface area (Å²) in [6.45, 7) is 0. The Kier molecular flexibility index (Phi) is 2.39. The van der Waals surface area contributed by atoms with Gasteiger partial charge in [0.25, 0.3) is 4.45 Å². The number of aliphatic hydroxyl groups is 2. The standard InChI is InChI=1S/C3H6O2S3/c4-3(5)7-1-6-2-8-3/h4-5H,1-2H2. The third-order valence-corrected chi connectivity index (χ3v) is 4.40. The van der Waals surface area contributed by atoms with Crippen LogP contribution in [0.1, 0.15) is 0 Å². The Hall–Kier alpha value is 0.970. The van der Waals surface area contributed by atoms with E-state index in [4.69, 9.17) is 10.2 Å². The lowest BCUT2D eigenvalue weighted by Crippen LogP contribution is -2.21. The average molecular weight is 170 g/mol. The third-order valence-electron chi connectivity index (χ3n) is 0.661.